The lowest BCUT2D eigenvalue weighted by Crippen LogP contribution is -2.35. The van der Waals surface area contributed by atoms with Crippen molar-refractivity contribution < 1.29 is 26.4 Å². The monoisotopic (exact) mass is 429 g/mol. The Kier molecular flexibility index (Phi) is 5.79. The first-order chi connectivity index (χ1) is 13.5. The summed E-state index contributed by atoms with van der Waals surface area (Å²) in [4.78, 5) is 7.28. The third kappa shape index (κ3) is 4.65. The highest BCUT2D eigenvalue weighted by Gasteiger charge is 2.43. The number of halogens is 3. The molecule has 1 N–H and O–H groups in total. The van der Waals surface area contributed by atoms with Gasteiger partial charge < -0.3 is 4.90 Å². The zero-order valence-corrected chi connectivity index (χ0v) is 17.0. The van der Waals surface area contributed by atoms with E-state index in [-0.39, 0.29) is 6.61 Å². The highest BCUT2D eigenvalue weighted by Crippen LogP contribution is 2.36. The van der Waals surface area contributed by atoms with Gasteiger partial charge in [0.05, 0.1) is 18.2 Å². The highest BCUT2D eigenvalue weighted by atomic mass is 32.2. The Hall–Kier alpha value is -2.30. The Morgan fingerprint density at radius 1 is 1.07 bits per heavy atom. The van der Waals surface area contributed by atoms with Gasteiger partial charge in [0, 0.05) is 32.5 Å². The van der Waals surface area contributed by atoms with Crippen LogP contribution in [-0.4, -0.2) is 46.5 Å². The fourth-order valence-corrected chi connectivity index (χ4v) is 4.74. The van der Waals surface area contributed by atoms with Crippen LogP contribution in [0.2, 0.25) is 0 Å². The van der Waals surface area contributed by atoms with Crippen molar-refractivity contribution in [2.75, 3.05) is 37.4 Å². The van der Waals surface area contributed by atoms with Crippen LogP contribution in [0.25, 0.3) is 0 Å². The summed E-state index contributed by atoms with van der Waals surface area (Å²) in [6, 6.07) is 10.6. The van der Waals surface area contributed by atoms with Crippen LogP contribution in [0.1, 0.15) is 17.2 Å². The van der Waals surface area contributed by atoms with Gasteiger partial charge in [0.15, 0.2) is 0 Å². The van der Waals surface area contributed by atoms with E-state index in [0.29, 0.717) is 11.3 Å². The zero-order valence-electron chi connectivity index (χ0n) is 16.1. The minimum absolute atomic E-state index is 0.104. The number of nitrogens with zero attached hydrogens (tertiary/aromatic N) is 2. The minimum atomic E-state index is -4.46. The summed E-state index contributed by atoms with van der Waals surface area (Å²) in [7, 11) is 1.44. The second-order valence-corrected chi connectivity index (χ2v) is 8.93. The molecule has 1 heterocycles. The Labute approximate surface area is 167 Å². The number of hydroxylamine groups is 2. The van der Waals surface area contributed by atoms with Crippen molar-refractivity contribution in [3.05, 3.63) is 59.7 Å². The Morgan fingerprint density at radius 2 is 1.66 bits per heavy atom. The number of nitrogens with one attached hydrogen (secondary N) is 1. The summed E-state index contributed by atoms with van der Waals surface area (Å²) in [6.07, 6.45) is -4.46. The highest BCUT2D eigenvalue weighted by molar-refractivity contribution is 7.93. The van der Waals surface area contributed by atoms with Gasteiger partial charge in [0.1, 0.15) is 5.25 Å². The van der Waals surface area contributed by atoms with Crippen LogP contribution < -0.4 is 9.62 Å². The maximum Gasteiger partial charge on any atom is 0.416 e. The van der Waals surface area contributed by atoms with Crippen molar-refractivity contribution in [2.24, 2.45) is 0 Å². The molecule has 29 heavy (non-hydrogen) atoms. The third-order valence-corrected chi connectivity index (χ3v) is 6.52. The van der Waals surface area contributed by atoms with E-state index in [2.05, 4.69) is 4.72 Å². The molecular weight excluding hydrogens is 407 g/mol. The fourth-order valence-electron chi connectivity index (χ4n) is 3.22. The molecule has 1 saturated heterocycles. The van der Waals surface area contributed by atoms with Crippen molar-refractivity contribution in [3.8, 4) is 0 Å². The van der Waals surface area contributed by atoms with E-state index >= 15 is 0 Å². The van der Waals surface area contributed by atoms with E-state index in [1.54, 1.807) is 31.3 Å². The second kappa shape index (κ2) is 7.85. The van der Waals surface area contributed by atoms with Crippen LogP contribution in [0, 0.1) is 0 Å². The summed E-state index contributed by atoms with van der Waals surface area (Å²) in [5.41, 5.74) is 0.952. The number of benzene rings is 2. The molecule has 2 atom stereocenters. The molecule has 3 rings (SSSR count). The van der Waals surface area contributed by atoms with Crippen LogP contribution in [-0.2, 0) is 21.0 Å². The minimum Gasteiger partial charge on any atom is -0.378 e. The first-order valence-corrected chi connectivity index (χ1v) is 10.4. The number of hydrogen-bond donors (Lipinski definition) is 1. The van der Waals surface area contributed by atoms with Crippen LogP contribution in [0.15, 0.2) is 48.5 Å². The molecule has 0 bridgehead atoms. The molecule has 1 aliphatic rings. The molecule has 0 aliphatic carbocycles. The number of anilines is 2. The van der Waals surface area contributed by atoms with Gasteiger partial charge in [-0.15, -0.1) is 0 Å². The van der Waals surface area contributed by atoms with E-state index in [0.717, 1.165) is 17.8 Å². The number of alkyl halides is 3. The van der Waals surface area contributed by atoms with Crippen LogP contribution in [0.3, 0.4) is 0 Å². The fraction of sp³-hybridized carbons (Fsp3) is 0.368. The predicted molar refractivity (Wildman–Crippen MR) is 105 cm³/mol. The summed E-state index contributed by atoms with van der Waals surface area (Å²) in [5, 5.41) is 0.375. The average molecular weight is 429 g/mol. The van der Waals surface area contributed by atoms with Crippen molar-refractivity contribution in [1.82, 2.24) is 5.06 Å². The SMILES string of the molecule is CN(C)c1ccc(NS(=O)(=O)C2CON(C)C2c2ccc(C(F)(F)F)cc2)cc1. The van der Waals surface area contributed by atoms with E-state index in [1.807, 2.05) is 19.0 Å². The summed E-state index contributed by atoms with van der Waals surface area (Å²) < 4.78 is 66.9. The first kappa shape index (κ1) is 21.4. The first-order valence-electron chi connectivity index (χ1n) is 8.81. The topological polar surface area (TPSA) is 61.9 Å². The van der Waals surface area contributed by atoms with Crippen molar-refractivity contribution in [3.63, 3.8) is 0 Å². The predicted octanol–water partition coefficient (Wildman–Crippen LogP) is 3.50. The number of rotatable bonds is 5. The lowest BCUT2D eigenvalue weighted by molar-refractivity contribution is -0.137. The third-order valence-electron chi connectivity index (χ3n) is 4.81. The van der Waals surface area contributed by atoms with Crippen molar-refractivity contribution in [2.45, 2.75) is 17.5 Å². The smallest absolute Gasteiger partial charge is 0.378 e. The summed E-state index contributed by atoms with van der Waals surface area (Å²) in [5.74, 6) is 0. The van der Waals surface area contributed by atoms with Gasteiger partial charge in [-0.05, 0) is 42.0 Å². The molecule has 2 aromatic rings. The van der Waals surface area contributed by atoms with E-state index in [4.69, 9.17) is 4.84 Å². The lowest BCUT2D eigenvalue weighted by Gasteiger charge is -2.24. The van der Waals surface area contributed by atoms with Crippen LogP contribution in [0.5, 0.6) is 0 Å². The molecule has 158 valence electrons. The number of hydrogen-bond acceptors (Lipinski definition) is 5. The molecule has 0 aromatic heterocycles. The molecule has 1 aliphatic heterocycles. The Morgan fingerprint density at radius 3 is 2.17 bits per heavy atom. The van der Waals surface area contributed by atoms with Gasteiger partial charge >= 0.3 is 6.18 Å². The maximum atomic E-state index is 13.0. The van der Waals surface area contributed by atoms with Crippen LogP contribution in [0.4, 0.5) is 24.5 Å². The van der Waals surface area contributed by atoms with Gasteiger partial charge in [-0.3, -0.25) is 9.56 Å². The average Bonchev–Trinajstić information content (AvgIpc) is 3.04. The van der Waals surface area contributed by atoms with Gasteiger partial charge in [-0.25, -0.2) is 8.42 Å². The molecule has 2 unspecified atom stereocenters. The largest absolute Gasteiger partial charge is 0.416 e. The maximum absolute atomic E-state index is 13.0. The normalized spacial score (nSPS) is 20.6. The molecule has 6 nitrogen and oxygen atoms in total. The quantitative estimate of drug-likeness (QED) is 0.788. The van der Waals surface area contributed by atoms with Crippen molar-refractivity contribution >= 4 is 21.4 Å². The molecule has 10 heteroatoms. The van der Waals surface area contributed by atoms with E-state index < -0.39 is 33.1 Å². The molecule has 1 fully saturated rings. The van der Waals surface area contributed by atoms with Gasteiger partial charge in [-0.2, -0.15) is 18.2 Å². The summed E-state index contributed by atoms with van der Waals surface area (Å²) in [6.45, 7) is -0.104. The van der Waals surface area contributed by atoms with Crippen molar-refractivity contribution in [1.29, 1.82) is 0 Å². The van der Waals surface area contributed by atoms with Gasteiger partial charge in [0.2, 0.25) is 10.0 Å². The molecule has 0 spiro atoms. The standard InChI is InChI=1S/C19H22F3N3O3S/c1-24(2)16-10-8-15(9-11-16)23-29(26,27)17-12-28-25(3)18(17)13-4-6-14(7-5-13)19(20,21)22/h4-11,17-18,23H,12H2,1-3H3. The van der Waals surface area contributed by atoms with Gasteiger partial charge in [0.25, 0.3) is 0 Å². The Balaban J connectivity index is 1.84. The summed E-state index contributed by atoms with van der Waals surface area (Å²) >= 11 is 0. The van der Waals surface area contributed by atoms with E-state index in [1.165, 1.54) is 17.2 Å². The lowest BCUT2D eigenvalue weighted by atomic mass is 10.0. The molecule has 0 amide bonds. The molecule has 2 aromatic carbocycles. The van der Waals surface area contributed by atoms with E-state index in [9.17, 15) is 21.6 Å². The molecular formula is C19H22F3N3O3S. The van der Waals surface area contributed by atoms with Crippen LogP contribution >= 0.6 is 0 Å². The number of sulfonamides is 1. The Bertz CT molecular complexity index is 945. The molecule has 0 radical (unpaired) electrons. The zero-order chi connectivity index (χ0) is 21.4. The van der Waals surface area contributed by atoms with Gasteiger partial charge in [-0.1, -0.05) is 12.1 Å². The second-order valence-electron chi connectivity index (χ2n) is 7.03. The molecule has 0 saturated carbocycles.